The molecule has 4 heterocycles. The Kier molecular flexibility index (Phi) is 5.80. The molecule has 2 aliphatic heterocycles. The Morgan fingerprint density at radius 3 is 2.91 bits per heavy atom. The third kappa shape index (κ3) is 4.47. The monoisotopic (exact) mass is 434 g/mol. The van der Waals surface area contributed by atoms with Crippen LogP contribution < -0.4 is 5.32 Å². The van der Waals surface area contributed by atoms with Crippen molar-refractivity contribution < 1.29 is 9.90 Å². The van der Waals surface area contributed by atoms with E-state index < -0.39 is 6.10 Å². The van der Waals surface area contributed by atoms with Gasteiger partial charge in [0.15, 0.2) is 0 Å². The fourth-order valence-electron chi connectivity index (χ4n) is 4.85. The Morgan fingerprint density at radius 1 is 1.25 bits per heavy atom. The summed E-state index contributed by atoms with van der Waals surface area (Å²) in [5.41, 5.74) is 4.36. The summed E-state index contributed by atoms with van der Waals surface area (Å²) in [5.74, 6) is 1.11. The van der Waals surface area contributed by atoms with Crippen LogP contribution in [0.3, 0.4) is 0 Å². The molecule has 168 valence electrons. The van der Waals surface area contributed by atoms with Crippen molar-refractivity contribution >= 4 is 5.91 Å². The van der Waals surface area contributed by atoms with Gasteiger partial charge in [-0.05, 0) is 29.5 Å². The molecule has 2 atom stereocenters. The molecule has 0 fully saturated rings. The number of rotatable bonds is 6. The zero-order valence-corrected chi connectivity index (χ0v) is 18.4. The van der Waals surface area contributed by atoms with Gasteiger partial charge < -0.3 is 15.0 Å². The molecule has 32 heavy (non-hydrogen) atoms. The van der Waals surface area contributed by atoms with Crippen LogP contribution in [0, 0.1) is 0 Å². The molecule has 2 aliphatic rings. The molecule has 0 unspecified atom stereocenters. The second kappa shape index (κ2) is 8.88. The van der Waals surface area contributed by atoms with E-state index in [-0.39, 0.29) is 12.5 Å². The second-order valence-electron chi connectivity index (χ2n) is 9.00. The number of benzene rings is 1. The molecule has 1 aromatic carbocycles. The van der Waals surface area contributed by atoms with Gasteiger partial charge in [0.25, 0.3) is 5.91 Å². The Morgan fingerprint density at radius 2 is 2.09 bits per heavy atom. The zero-order chi connectivity index (χ0) is 22.1. The quantitative estimate of drug-likeness (QED) is 0.614. The standard InChI is InChI=1S/C24H30N6O2/c1-28-12-20(10-26-28)19-6-7-23-27-22(16-30(23)14-19)24(32)25-11-21(31)15-29-9-8-17-4-2-3-5-18(17)13-29/h2-5,10,12,16,19,21,31H,6-9,11,13-15H2,1H3,(H,25,32)/t19-,21+/m1/s1. The maximum absolute atomic E-state index is 12.7. The van der Waals surface area contributed by atoms with Crippen LogP contribution in [0.2, 0.25) is 0 Å². The third-order valence-corrected chi connectivity index (χ3v) is 6.60. The number of hydrogen-bond acceptors (Lipinski definition) is 5. The molecule has 0 spiro atoms. The number of fused-ring (bicyclic) bond motifs is 2. The molecule has 0 radical (unpaired) electrons. The number of carbonyl (C=O) groups excluding carboxylic acids is 1. The zero-order valence-electron chi connectivity index (χ0n) is 18.4. The number of imidazole rings is 1. The van der Waals surface area contributed by atoms with Crippen molar-refractivity contribution in [3.05, 3.63) is 71.1 Å². The van der Waals surface area contributed by atoms with E-state index in [0.29, 0.717) is 18.2 Å². The Labute approximate surface area is 187 Å². The fraction of sp³-hybridized carbons (Fsp3) is 0.458. The smallest absolute Gasteiger partial charge is 0.271 e. The van der Waals surface area contributed by atoms with Gasteiger partial charge in [0, 0.05) is 64.5 Å². The molecule has 5 rings (SSSR count). The normalized spacial score (nSPS) is 19.2. The summed E-state index contributed by atoms with van der Waals surface area (Å²) >= 11 is 0. The van der Waals surface area contributed by atoms with E-state index in [1.807, 2.05) is 24.1 Å². The number of nitrogens with one attached hydrogen (secondary N) is 1. The first-order valence-corrected chi connectivity index (χ1v) is 11.3. The lowest BCUT2D eigenvalue weighted by Crippen LogP contribution is -2.42. The van der Waals surface area contributed by atoms with E-state index in [1.54, 1.807) is 0 Å². The Hall–Kier alpha value is -2.97. The van der Waals surface area contributed by atoms with Crippen molar-refractivity contribution in [2.75, 3.05) is 19.6 Å². The van der Waals surface area contributed by atoms with E-state index in [0.717, 1.165) is 44.7 Å². The van der Waals surface area contributed by atoms with Gasteiger partial charge in [-0.3, -0.25) is 14.4 Å². The minimum atomic E-state index is -0.614. The van der Waals surface area contributed by atoms with Gasteiger partial charge in [-0.2, -0.15) is 5.10 Å². The number of β-amino-alcohol motifs (C(OH)–C–C–N with tert-alkyl or cyclic N) is 1. The van der Waals surface area contributed by atoms with Crippen LogP contribution in [0.4, 0.5) is 0 Å². The van der Waals surface area contributed by atoms with E-state index in [1.165, 1.54) is 16.7 Å². The van der Waals surface area contributed by atoms with Crippen LogP contribution in [0.5, 0.6) is 0 Å². The summed E-state index contributed by atoms with van der Waals surface area (Å²) in [4.78, 5) is 19.4. The van der Waals surface area contributed by atoms with Crippen molar-refractivity contribution in [3.8, 4) is 0 Å². The first kappa shape index (κ1) is 20.9. The number of hydrogen-bond donors (Lipinski definition) is 2. The van der Waals surface area contributed by atoms with Crippen molar-refractivity contribution in [1.82, 2.24) is 29.5 Å². The van der Waals surface area contributed by atoms with Crippen LogP contribution in [-0.2, 0) is 33.0 Å². The molecule has 3 aromatic rings. The molecule has 0 saturated heterocycles. The van der Waals surface area contributed by atoms with Crippen LogP contribution in [-0.4, -0.2) is 61.0 Å². The first-order chi connectivity index (χ1) is 15.5. The number of aliphatic hydroxyl groups is 1. The molecule has 1 amide bonds. The lowest BCUT2D eigenvalue weighted by Gasteiger charge is -2.30. The van der Waals surface area contributed by atoms with Gasteiger partial charge in [0.2, 0.25) is 0 Å². The molecule has 2 N–H and O–H groups in total. The number of aryl methyl sites for hydroxylation is 2. The maximum Gasteiger partial charge on any atom is 0.271 e. The minimum Gasteiger partial charge on any atom is -0.390 e. The van der Waals surface area contributed by atoms with Crippen molar-refractivity contribution in [2.24, 2.45) is 7.05 Å². The van der Waals surface area contributed by atoms with E-state index in [9.17, 15) is 9.90 Å². The molecule has 0 aliphatic carbocycles. The number of amides is 1. The van der Waals surface area contributed by atoms with Gasteiger partial charge >= 0.3 is 0 Å². The highest BCUT2D eigenvalue weighted by molar-refractivity contribution is 5.92. The highest BCUT2D eigenvalue weighted by Gasteiger charge is 2.25. The first-order valence-electron chi connectivity index (χ1n) is 11.3. The van der Waals surface area contributed by atoms with Crippen LogP contribution in [0.1, 0.15) is 45.3 Å². The predicted octanol–water partition coefficient (Wildman–Crippen LogP) is 1.50. The number of aliphatic hydroxyl groups excluding tert-OH is 1. The van der Waals surface area contributed by atoms with Crippen LogP contribution in [0.25, 0.3) is 0 Å². The number of carbonyl (C=O) groups is 1. The summed E-state index contributed by atoms with van der Waals surface area (Å²) < 4.78 is 3.91. The van der Waals surface area contributed by atoms with Gasteiger partial charge in [-0.25, -0.2) is 4.98 Å². The van der Waals surface area contributed by atoms with Crippen LogP contribution in [0.15, 0.2) is 42.9 Å². The highest BCUT2D eigenvalue weighted by atomic mass is 16.3. The van der Waals surface area contributed by atoms with Crippen molar-refractivity contribution in [2.45, 2.75) is 44.4 Å². The lowest BCUT2D eigenvalue weighted by molar-refractivity contribution is 0.0838. The average Bonchev–Trinajstić information content (AvgIpc) is 3.43. The van der Waals surface area contributed by atoms with E-state index in [2.05, 4.69) is 55.3 Å². The Bertz CT molecular complexity index is 1100. The van der Waals surface area contributed by atoms with Gasteiger partial charge in [0.1, 0.15) is 11.5 Å². The molecule has 2 aromatic heterocycles. The maximum atomic E-state index is 12.7. The largest absolute Gasteiger partial charge is 0.390 e. The molecule has 8 nitrogen and oxygen atoms in total. The third-order valence-electron chi connectivity index (χ3n) is 6.60. The molecule has 8 heteroatoms. The van der Waals surface area contributed by atoms with Crippen LogP contribution >= 0.6 is 0 Å². The van der Waals surface area contributed by atoms with Gasteiger partial charge in [0.05, 0.1) is 12.3 Å². The average molecular weight is 435 g/mol. The topological polar surface area (TPSA) is 88.2 Å². The number of aromatic nitrogens is 4. The molecule has 0 saturated carbocycles. The van der Waals surface area contributed by atoms with Crippen molar-refractivity contribution in [3.63, 3.8) is 0 Å². The lowest BCUT2D eigenvalue weighted by atomic mass is 9.94. The highest BCUT2D eigenvalue weighted by Crippen LogP contribution is 2.28. The van der Waals surface area contributed by atoms with Gasteiger partial charge in [-0.1, -0.05) is 24.3 Å². The van der Waals surface area contributed by atoms with Crippen molar-refractivity contribution in [1.29, 1.82) is 0 Å². The Balaban J connectivity index is 1.13. The molecule has 0 bridgehead atoms. The summed E-state index contributed by atoms with van der Waals surface area (Å²) in [7, 11) is 1.93. The SMILES string of the molecule is Cn1cc([C@@H]2CCc3nc(C(=O)NC[C@H](O)CN4CCc5ccccc5C4)cn3C2)cn1. The predicted molar refractivity (Wildman–Crippen MR) is 120 cm³/mol. The molecular weight excluding hydrogens is 404 g/mol. The summed E-state index contributed by atoms with van der Waals surface area (Å²) in [5, 5.41) is 17.6. The van der Waals surface area contributed by atoms with E-state index in [4.69, 9.17) is 0 Å². The summed E-state index contributed by atoms with van der Waals surface area (Å²) in [6.07, 6.45) is 8.03. The fourth-order valence-corrected chi connectivity index (χ4v) is 4.85. The number of nitrogens with zero attached hydrogens (tertiary/aromatic N) is 5. The molecular formula is C24H30N6O2. The van der Waals surface area contributed by atoms with E-state index >= 15 is 0 Å². The summed E-state index contributed by atoms with van der Waals surface area (Å²) in [6.45, 7) is 3.33. The van der Waals surface area contributed by atoms with Gasteiger partial charge in [-0.15, -0.1) is 0 Å². The summed E-state index contributed by atoms with van der Waals surface area (Å²) in [6, 6.07) is 8.45. The minimum absolute atomic E-state index is 0.220. The second-order valence-corrected chi connectivity index (χ2v) is 9.00.